The Morgan fingerprint density at radius 1 is 1.13 bits per heavy atom. The molecule has 0 spiro atoms. The van der Waals surface area contributed by atoms with Crippen molar-refractivity contribution >= 4 is 12.4 Å². The number of hydrogen-bond acceptors (Lipinski definition) is 3. The molecule has 0 amide bonds. The first-order chi connectivity index (χ1) is 6.93. The first kappa shape index (κ1) is 10.2. The van der Waals surface area contributed by atoms with E-state index < -0.39 is 0 Å². The third-order valence-corrected chi connectivity index (χ3v) is 2.38. The topological polar surface area (TPSA) is 38.1 Å². The van der Waals surface area contributed by atoms with Crippen molar-refractivity contribution in [2.45, 2.75) is 13.1 Å². The van der Waals surface area contributed by atoms with Crippen LogP contribution in [0.1, 0.15) is 11.5 Å². The van der Waals surface area contributed by atoms with Crippen LogP contribution < -0.4 is 5.32 Å². The summed E-state index contributed by atoms with van der Waals surface area (Å²) in [6.45, 7) is 1.63. The SMILES string of the molecule is Cl.c1ccc(-c2nc3c(o2)CNC3)cc1. The second-order valence-electron chi connectivity index (χ2n) is 3.36. The Labute approximate surface area is 93.9 Å². The number of oxazole rings is 1. The molecule has 4 heteroatoms. The molecule has 3 nitrogen and oxygen atoms in total. The summed E-state index contributed by atoms with van der Waals surface area (Å²) in [4.78, 5) is 4.43. The van der Waals surface area contributed by atoms with E-state index in [0.717, 1.165) is 36.0 Å². The maximum absolute atomic E-state index is 5.64. The van der Waals surface area contributed by atoms with Crippen molar-refractivity contribution in [3.8, 4) is 11.5 Å². The van der Waals surface area contributed by atoms with E-state index in [0.29, 0.717) is 0 Å². The highest BCUT2D eigenvalue weighted by atomic mass is 35.5. The highest BCUT2D eigenvalue weighted by molar-refractivity contribution is 5.85. The molecule has 0 saturated heterocycles. The smallest absolute Gasteiger partial charge is 0.226 e. The maximum Gasteiger partial charge on any atom is 0.226 e. The number of rotatable bonds is 1. The molecule has 1 aliphatic heterocycles. The predicted octanol–water partition coefficient (Wildman–Crippen LogP) is 2.37. The average Bonchev–Trinajstić information content (AvgIpc) is 2.78. The van der Waals surface area contributed by atoms with Crippen LogP contribution in [0, 0.1) is 0 Å². The van der Waals surface area contributed by atoms with Gasteiger partial charge in [0, 0.05) is 12.1 Å². The molecule has 0 aliphatic carbocycles. The van der Waals surface area contributed by atoms with Gasteiger partial charge in [-0.15, -0.1) is 12.4 Å². The van der Waals surface area contributed by atoms with Gasteiger partial charge in [-0.1, -0.05) is 18.2 Å². The molecule has 3 rings (SSSR count). The van der Waals surface area contributed by atoms with Gasteiger partial charge in [-0.3, -0.25) is 0 Å². The van der Waals surface area contributed by atoms with Gasteiger partial charge in [0.2, 0.25) is 5.89 Å². The molecule has 15 heavy (non-hydrogen) atoms. The zero-order chi connectivity index (χ0) is 9.38. The number of hydrogen-bond donors (Lipinski definition) is 1. The summed E-state index contributed by atoms with van der Waals surface area (Å²) >= 11 is 0. The van der Waals surface area contributed by atoms with E-state index in [1.165, 1.54) is 0 Å². The van der Waals surface area contributed by atoms with Crippen LogP contribution in [0.25, 0.3) is 11.5 Å². The summed E-state index contributed by atoms with van der Waals surface area (Å²) in [5, 5.41) is 3.19. The van der Waals surface area contributed by atoms with Crippen LogP contribution >= 0.6 is 12.4 Å². The summed E-state index contributed by atoms with van der Waals surface area (Å²) in [7, 11) is 0. The van der Waals surface area contributed by atoms with Gasteiger partial charge in [0.1, 0.15) is 5.76 Å². The Hall–Kier alpha value is -1.32. The lowest BCUT2D eigenvalue weighted by Gasteiger charge is -1.94. The lowest BCUT2D eigenvalue weighted by Crippen LogP contribution is -2.01. The van der Waals surface area contributed by atoms with Crippen LogP contribution in [0.2, 0.25) is 0 Å². The summed E-state index contributed by atoms with van der Waals surface area (Å²) in [5.74, 6) is 1.71. The van der Waals surface area contributed by atoms with Crippen molar-refractivity contribution in [2.24, 2.45) is 0 Å². The summed E-state index contributed by atoms with van der Waals surface area (Å²) in [6.07, 6.45) is 0. The minimum absolute atomic E-state index is 0. The van der Waals surface area contributed by atoms with E-state index in [9.17, 15) is 0 Å². The predicted molar refractivity (Wildman–Crippen MR) is 59.7 cm³/mol. The lowest BCUT2D eigenvalue weighted by atomic mass is 10.2. The third kappa shape index (κ3) is 1.76. The number of nitrogens with one attached hydrogen (secondary N) is 1. The molecule has 0 unspecified atom stereocenters. The van der Waals surface area contributed by atoms with Crippen molar-refractivity contribution in [3.05, 3.63) is 41.8 Å². The number of benzene rings is 1. The second-order valence-corrected chi connectivity index (χ2v) is 3.36. The molecule has 2 aromatic rings. The zero-order valence-corrected chi connectivity index (χ0v) is 8.88. The molecule has 1 aromatic heterocycles. The van der Waals surface area contributed by atoms with Gasteiger partial charge in [0.25, 0.3) is 0 Å². The normalized spacial score (nSPS) is 13.3. The van der Waals surface area contributed by atoms with Gasteiger partial charge in [-0.2, -0.15) is 0 Å². The molecule has 1 aliphatic rings. The van der Waals surface area contributed by atoms with E-state index in [4.69, 9.17) is 4.42 Å². The Morgan fingerprint density at radius 2 is 1.93 bits per heavy atom. The first-order valence-corrected chi connectivity index (χ1v) is 4.68. The summed E-state index contributed by atoms with van der Waals surface area (Å²) in [6, 6.07) is 9.98. The van der Waals surface area contributed by atoms with Gasteiger partial charge in [-0.05, 0) is 12.1 Å². The van der Waals surface area contributed by atoms with Crippen LogP contribution in [0.4, 0.5) is 0 Å². The largest absolute Gasteiger partial charge is 0.439 e. The zero-order valence-electron chi connectivity index (χ0n) is 8.06. The molecule has 0 saturated carbocycles. The van der Waals surface area contributed by atoms with Crippen LogP contribution in [0.3, 0.4) is 0 Å². The Bertz CT molecular complexity index is 431. The fourth-order valence-electron chi connectivity index (χ4n) is 1.66. The minimum atomic E-state index is 0. The molecule has 1 N–H and O–H groups in total. The highest BCUT2D eigenvalue weighted by Crippen LogP contribution is 2.23. The molecule has 0 radical (unpaired) electrons. The van der Waals surface area contributed by atoms with Crippen LogP contribution in [0.5, 0.6) is 0 Å². The number of aromatic nitrogens is 1. The molecular weight excluding hydrogens is 212 g/mol. The highest BCUT2D eigenvalue weighted by Gasteiger charge is 2.18. The van der Waals surface area contributed by atoms with E-state index in [1.54, 1.807) is 0 Å². The van der Waals surface area contributed by atoms with Crippen molar-refractivity contribution in [3.63, 3.8) is 0 Å². The fraction of sp³-hybridized carbons (Fsp3) is 0.182. The van der Waals surface area contributed by atoms with Gasteiger partial charge in [0.05, 0.1) is 12.2 Å². The van der Waals surface area contributed by atoms with Crippen molar-refractivity contribution in [1.29, 1.82) is 0 Å². The fourth-order valence-corrected chi connectivity index (χ4v) is 1.66. The van der Waals surface area contributed by atoms with Crippen LogP contribution in [-0.2, 0) is 13.1 Å². The molecule has 0 bridgehead atoms. The number of halogens is 1. The van der Waals surface area contributed by atoms with E-state index in [-0.39, 0.29) is 12.4 Å². The Morgan fingerprint density at radius 3 is 2.67 bits per heavy atom. The number of nitrogens with zero attached hydrogens (tertiary/aromatic N) is 1. The van der Waals surface area contributed by atoms with Crippen molar-refractivity contribution in [2.75, 3.05) is 0 Å². The van der Waals surface area contributed by atoms with Crippen molar-refractivity contribution in [1.82, 2.24) is 10.3 Å². The third-order valence-electron chi connectivity index (χ3n) is 2.38. The summed E-state index contributed by atoms with van der Waals surface area (Å²) in [5.41, 5.74) is 2.09. The minimum Gasteiger partial charge on any atom is -0.439 e. The van der Waals surface area contributed by atoms with Gasteiger partial charge >= 0.3 is 0 Å². The molecule has 2 heterocycles. The maximum atomic E-state index is 5.64. The molecule has 0 atom stereocenters. The summed E-state index contributed by atoms with van der Waals surface area (Å²) < 4.78 is 5.64. The average molecular weight is 223 g/mol. The lowest BCUT2D eigenvalue weighted by molar-refractivity contribution is 0.511. The first-order valence-electron chi connectivity index (χ1n) is 4.68. The van der Waals surface area contributed by atoms with Crippen molar-refractivity contribution < 1.29 is 4.42 Å². The quantitative estimate of drug-likeness (QED) is 0.805. The van der Waals surface area contributed by atoms with Gasteiger partial charge in [-0.25, -0.2) is 4.98 Å². The number of fused-ring (bicyclic) bond motifs is 1. The Balaban J connectivity index is 0.000000853. The van der Waals surface area contributed by atoms with Gasteiger partial charge < -0.3 is 9.73 Å². The molecule has 1 aromatic carbocycles. The van der Waals surface area contributed by atoms with E-state index in [2.05, 4.69) is 10.3 Å². The van der Waals surface area contributed by atoms with E-state index >= 15 is 0 Å². The van der Waals surface area contributed by atoms with Crippen LogP contribution in [-0.4, -0.2) is 4.98 Å². The van der Waals surface area contributed by atoms with Gasteiger partial charge in [0.15, 0.2) is 0 Å². The molecule has 0 fully saturated rings. The standard InChI is InChI=1S/C11H10N2O.ClH/c1-2-4-8(5-3-1)11-13-9-6-12-7-10(9)14-11;/h1-5,12H,6-7H2;1H. The monoisotopic (exact) mass is 222 g/mol. The molecular formula is C11H11ClN2O. The van der Waals surface area contributed by atoms with Crippen LogP contribution in [0.15, 0.2) is 34.7 Å². The Kier molecular flexibility index (Phi) is 2.75. The second kappa shape index (κ2) is 4.04. The van der Waals surface area contributed by atoms with E-state index in [1.807, 2.05) is 30.3 Å². The molecule has 78 valence electrons.